The number of rotatable bonds is 4. The van der Waals surface area contributed by atoms with Crippen LogP contribution < -0.4 is 10.3 Å². The first-order valence-electron chi connectivity index (χ1n) is 6.49. The molecule has 2 rings (SSSR count). The van der Waals surface area contributed by atoms with Crippen molar-refractivity contribution in [3.8, 4) is 11.4 Å². The quantitative estimate of drug-likeness (QED) is 0.801. The lowest BCUT2D eigenvalue weighted by Gasteiger charge is -2.10. The molecule has 1 heterocycles. The molecule has 1 aromatic carbocycles. The third kappa shape index (κ3) is 3.10. The van der Waals surface area contributed by atoms with E-state index in [1.165, 1.54) is 13.2 Å². The fraction of sp³-hybridized carbons (Fsp3) is 0.267. The molecule has 0 bridgehead atoms. The first kappa shape index (κ1) is 14.8. The van der Waals surface area contributed by atoms with Gasteiger partial charge in [0.2, 0.25) is 0 Å². The monoisotopic (exact) mass is 288 g/mol. The molecule has 0 aliphatic carbocycles. The summed E-state index contributed by atoms with van der Waals surface area (Å²) in [6.45, 7) is 3.61. The predicted molar refractivity (Wildman–Crippen MR) is 77.1 cm³/mol. The van der Waals surface area contributed by atoms with Crippen molar-refractivity contribution < 1.29 is 14.3 Å². The fourth-order valence-corrected chi connectivity index (χ4v) is 1.87. The SMILES string of the molecule is CCOC(=O)c1nn(-c2cccc(OC)c2)c(=O)cc1C. The van der Waals surface area contributed by atoms with E-state index in [-0.39, 0.29) is 17.9 Å². The van der Waals surface area contributed by atoms with Crippen molar-refractivity contribution >= 4 is 5.97 Å². The lowest BCUT2D eigenvalue weighted by molar-refractivity contribution is 0.0516. The molecular weight excluding hydrogens is 272 g/mol. The first-order chi connectivity index (χ1) is 10.1. The van der Waals surface area contributed by atoms with Crippen molar-refractivity contribution in [1.29, 1.82) is 0 Å². The smallest absolute Gasteiger partial charge is 0.359 e. The standard InChI is InChI=1S/C15H16N2O4/c1-4-21-15(19)14-10(2)8-13(18)17(16-14)11-6-5-7-12(9-11)20-3/h5-9H,4H2,1-3H3. The van der Waals surface area contributed by atoms with E-state index in [1.807, 2.05) is 0 Å². The van der Waals surface area contributed by atoms with Crippen molar-refractivity contribution in [1.82, 2.24) is 9.78 Å². The Labute approximate surface area is 121 Å². The Morgan fingerprint density at radius 2 is 2.10 bits per heavy atom. The zero-order valence-electron chi connectivity index (χ0n) is 12.1. The van der Waals surface area contributed by atoms with E-state index in [0.29, 0.717) is 17.0 Å². The molecule has 0 spiro atoms. The van der Waals surface area contributed by atoms with Gasteiger partial charge in [-0.3, -0.25) is 4.79 Å². The number of esters is 1. The van der Waals surface area contributed by atoms with Crippen LogP contribution in [0.25, 0.3) is 5.69 Å². The molecule has 0 atom stereocenters. The van der Waals surface area contributed by atoms with Crippen LogP contribution in [-0.2, 0) is 4.74 Å². The molecule has 6 nitrogen and oxygen atoms in total. The second-order valence-electron chi connectivity index (χ2n) is 4.35. The molecule has 0 fully saturated rings. The molecule has 6 heteroatoms. The van der Waals surface area contributed by atoms with Crippen LogP contribution in [0.5, 0.6) is 5.75 Å². The summed E-state index contributed by atoms with van der Waals surface area (Å²) in [5.74, 6) is 0.0473. The second-order valence-corrected chi connectivity index (χ2v) is 4.35. The Balaban J connectivity index is 2.55. The van der Waals surface area contributed by atoms with Crippen LogP contribution in [0.1, 0.15) is 23.0 Å². The summed E-state index contributed by atoms with van der Waals surface area (Å²) in [5, 5.41) is 4.11. The lowest BCUT2D eigenvalue weighted by atomic mass is 10.2. The van der Waals surface area contributed by atoms with Gasteiger partial charge in [0.15, 0.2) is 5.69 Å². The average Bonchev–Trinajstić information content (AvgIpc) is 2.47. The van der Waals surface area contributed by atoms with E-state index in [1.54, 1.807) is 38.1 Å². The van der Waals surface area contributed by atoms with Gasteiger partial charge in [-0.2, -0.15) is 9.78 Å². The molecule has 0 aliphatic rings. The molecule has 1 aromatic heterocycles. The van der Waals surface area contributed by atoms with E-state index < -0.39 is 5.97 Å². The van der Waals surface area contributed by atoms with Gasteiger partial charge < -0.3 is 9.47 Å². The van der Waals surface area contributed by atoms with Crippen molar-refractivity contribution in [2.24, 2.45) is 0 Å². The minimum Gasteiger partial charge on any atom is -0.497 e. The molecule has 21 heavy (non-hydrogen) atoms. The minimum absolute atomic E-state index is 0.124. The van der Waals surface area contributed by atoms with Crippen LogP contribution in [0.3, 0.4) is 0 Å². The number of benzene rings is 1. The third-order valence-electron chi connectivity index (χ3n) is 2.89. The minimum atomic E-state index is -0.549. The maximum atomic E-state index is 12.1. The normalized spacial score (nSPS) is 10.2. The molecule has 0 unspecified atom stereocenters. The fourth-order valence-electron chi connectivity index (χ4n) is 1.87. The van der Waals surface area contributed by atoms with Crippen LogP contribution in [0.2, 0.25) is 0 Å². The Bertz CT molecular complexity index is 722. The van der Waals surface area contributed by atoms with Crippen LogP contribution >= 0.6 is 0 Å². The summed E-state index contributed by atoms with van der Waals surface area (Å²) in [5.41, 5.74) is 0.801. The highest BCUT2D eigenvalue weighted by molar-refractivity contribution is 5.88. The second kappa shape index (κ2) is 6.21. The van der Waals surface area contributed by atoms with Gasteiger partial charge in [-0.1, -0.05) is 6.07 Å². The average molecular weight is 288 g/mol. The third-order valence-corrected chi connectivity index (χ3v) is 2.89. The van der Waals surface area contributed by atoms with E-state index in [0.717, 1.165) is 4.68 Å². The van der Waals surface area contributed by atoms with Crippen LogP contribution in [0.4, 0.5) is 0 Å². The van der Waals surface area contributed by atoms with Gasteiger partial charge in [-0.05, 0) is 31.5 Å². The summed E-state index contributed by atoms with van der Waals surface area (Å²) in [7, 11) is 1.54. The van der Waals surface area contributed by atoms with E-state index >= 15 is 0 Å². The van der Waals surface area contributed by atoms with Gasteiger partial charge in [0.25, 0.3) is 5.56 Å². The van der Waals surface area contributed by atoms with Crippen LogP contribution in [0, 0.1) is 6.92 Å². The summed E-state index contributed by atoms with van der Waals surface area (Å²) < 4.78 is 11.2. The number of hydrogen-bond acceptors (Lipinski definition) is 5. The Hall–Kier alpha value is -2.63. The topological polar surface area (TPSA) is 70.4 Å². The van der Waals surface area contributed by atoms with E-state index in [4.69, 9.17) is 9.47 Å². The van der Waals surface area contributed by atoms with Crippen molar-refractivity contribution in [2.75, 3.05) is 13.7 Å². The van der Waals surface area contributed by atoms with Crippen LogP contribution in [-0.4, -0.2) is 29.5 Å². The summed E-state index contributed by atoms with van der Waals surface area (Å²) in [4.78, 5) is 23.9. The van der Waals surface area contributed by atoms with Crippen molar-refractivity contribution in [3.63, 3.8) is 0 Å². The lowest BCUT2D eigenvalue weighted by Crippen LogP contribution is -2.25. The van der Waals surface area contributed by atoms with Gasteiger partial charge in [0.05, 0.1) is 19.4 Å². The Morgan fingerprint density at radius 3 is 2.76 bits per heavy atom. The Kier molecular flexibility index (Phi) is 4.37. The number of ether oxygens (including phenoxy) is 2. The number of aryl methyl sites for hydroxylation is 1. The zero-order chi connectivity index (χ0) is 15.4. The molecule has 0 saturated heterocycles. The summed E-state index contributed by atoms with van der Waals surface area (Å²) in [6, 6.07) is 8.24. The molecule has 0 N–H and O–H groups in total. The van der Waals surface area contributed by atoms with Gasteiger partial charge in [-0.25, -0.2) is 4.79 Å². The maximum Gasteiger partial charge on any atom is 0.359 e. The van der Waals surface area contributed by atoms with Gasteiger partial charge >= 0.3 is 5.97 Å². The number of carbonyl (C=O) groups is 1. The number of nitrogens with zero attached hydrogens (tertiary/aromatic N) is 2. The van der Waals surface area contributed by atoms with Gasteiger partial charge in [0.1, 0.15) is 5.75 Å². The number of carbonyl (C=O) groups excluding carboxylic acids is 1. The molecule has 0 saturated carbocycles. The first-order valence-corrected chi connectivity index (χ1v) is 6.49. The zero-order valence-corrected chi connectivity index (χ0v) is 12.1. The van der Waals surface area contributed by atoms with Crippen LogP contribution in [0.15, 0.2) is 35.1 Å². The molecule has 0 amide bonds. The van der Waals surface area contributed by atoms with Gasteiger partial charge in [-0.15, -0.1) is 0 Å². The van der Waals surface area contributed by atoms with Gasteiger partial charge in [0, 0.05) is 12.1 Å². The van der Waals surface area contributed by atoms with Crippen molar-refractivity contribution in [2.45, 2.75) is 13.8 Å². The molecular formula is C15H16N2O4. The number of methoxy groups -OCH3 is 1. The number of aromatic nitrogens is 2. The highest BCUT2D eigenvalue weighted by atomic mass is 16.5. The Morgan fingerprint density at radius 1 is 1.33 bits per heavy atom. The molecule has 0 radical (unpaired) electrons. The maximum absolute atomic E-state index is 12.1. The summed E-state index contributed by atoms with van der Waals surface area (Å²) >= 11 is 0. The molecule has 2 aromatic rings. The predicted octanol–water partition coefficient (Wildman–Crippen LogP) is 1.73. The summed E-state index contributed by atoms with van der Waals surface area (Å²) in [6.07, 6.45) is 0. The van der Waals surface area contributed by atoms with E-state index in [2.05, 4.69) is 5.10 Å². The number of hydrogen-bond donors (Lipinski definition) is 0. The van der Waals surface area contributed by atoms with Crippen molar-refractivity contribution in [3.05, 3.63) is 51.9 Å². The molecule has 0 aliphatic heterocycles. The molecule has 110 valence electrons. The largest absolute Gasteiger partial charge is 0.497 e. The highest BCUT2D eigenvalue weighted by Gasteiger charge is 2.15. The van der Waals surface area contributed by atoms with E-state index in [9.17, 15) is 9.59 Å². The highest BCUT2D eigenvalue weighted by Crippen LogP contribution is 2.15.